The minimum absolute atomic E-state index is 0.0346. The van der Waals surface area contributed by atoms with Gasteiger partial charge < -0.3 is 10.1 Å². The van der Waals surface area contributed by atoms with Crippen LogP contribution in [0, 0.1) is 5.92 Å². The molecule has 1 aliphatic heterocycles. The molecule has 0 aromatic rings. The first-order valence-corrected chi connectivity index (χ1v) is 5.62. The number of alkyl halides is 2. The van der Waals surface area contributed by atoms with Crippen LogP contribution in [0.25, 0.3) is 0 Å². The van der Waals surface area contributed by atoms with Gasteiger partial charge in [-0.15, -0.1) is 0 Å². The van der Waals surface area contributed by atoms with Gasteiger partial charge in [0.05, 0.1) is 5.60 Å². The van der Waals surface area contributed by atoms with Gasteiger partial charge in [-0.1, -0.05) is 0 Å². The Labute approximate surface area is 93.5 Å². The van der Waals surface area contributed by atoms with Gasteiger partial charge in [0.1, 0.15) is 5.92 Å². The zero-order chi connectivity index (χ0) is 12.0. The van der Waals surface area contributed by atoms with Crippen molar-refractivity contribution in [3.05, 3.63) is 0 Å². The molecule has 3 nitrogen and oxygen atoms in total. The number of carbonyl (C=O) groups excluding carboxylic acids is 1. The minimum Gasteiger partial charge on any atom is -0.375 e. The van der Waals surface area contributed by atoms with Gasteiger partial charge in [-0.3, -0.25) is 4.79 Å². The second-order valence-electron chi connectivity index (χ2n) is 5.32. The molecular formula is C11H17F2NO2. The van der Waals surface area contributed by atoms with Crippen LogP contribution in [0.4, 0.5) is 8.78 Å². The van der Waals surface area contributed by atoms with E-state index >= 15 is 0 Å². The molecule has 2 aliphatic rings. The van der Waals surface area contributed by atoms with Crippen LogP contribution in [0.15, 0.2) is 0 Å². The van der Waals surface area contributed by atoms with Crippen LogP contribution in [-0.2, 0) is 9.53 Å². The van der Waals surface area contributed by atoms with Gasteiger partial charge in [-0.05, 0) is 26.7 Å². The SMILES string of the molecule is CC1(C)C[C@@H](NC(=O)[C@H]2CC2(F)F)CCO1. The van der Waals surface area contributed by atoms with Crippen LogP contribution in [0.2, 0.25) is 0 Å². The summed E-state index contributed by atoms with van der Waals surface area (Å²) in [5.41, 5.74) is -0.276. The van der Waals surface area contributed by atoms with E-state index in [0.717, 1.165) is 0 Å². The fourth-order valence-electron chi connectivity index (χ4n) is 2.15. The van der Waals surface area contributed by atoms with Gasteiger partial charge in [0.2, 0.25) is 5.91 Å². The van der Waals surface area contributed by atoms with E-state index in [-0.39, 0.29) is 18.1 Å². The lowest BCUT2D eigenvalue weighted by Crippen LogP contribution is -2.46. The molecule has 5 heteroatoms. The predicted octanol–water partition coefficient (Wildman–Crippen LogP) is 1.72. The molecule has 0 bridgehead atoms. The van der Waals surface area contributed by atoms with Crippen LogP contribution in [0.3, 0.4) is 0 Å². The van der Waals surface area contributed by atoms with Crippen molar-refractivity contribution in [2.45, 2.75) is 50.7 Å². The molecule has 0 radical (unpaired) electrons. The maximum absolute atomic E-state index is 12.7. The normalized spacial score (nSPS) is 35.5. The van der Waals surface area contributed by atoms with Gasteiger partial charge in [-0.2, -0.15) is 0 Å². The number of rotatable bonds is 2. The standard InChI is InChI=1S/C11H17F2NO2/c1-10(2)5-7(3-4-16-10)14-9(15)8-6-11(8,12)13/h7-8H,3-6H2,1-2H3,(H,14,15)/t7-,8+/m0/s1. The molecule has 0 aromatic heterocycles. The Morgan fingerprint density at radius 2 is 2.00 bits per heavy atom. The van der Waals surface area contributed by atoms with Crippen molar-refractivity contribution >= 4 is 5.91 Å². The summed E-state index contributed by atoms with van der Waals surface area (Å²) in [6.45, 7) is 4.45. The molecule has 1 aliphatic carbocycles. The van der Waals surface area contributed by atoms with E-state index < -0.39 is 17.7 Å². The number of amides is 1. The lowest BCUT2D eigenvalue weighted by molar-refractivity contribution is -0.127. The highest BCUT2D eigenvalue weighted by molar-refractivity contribution is 5.83. The Bertz CT molecular complexity index is 304. The molecule has 1 saturated carbocycles. The largest absolute Gasteiger partial charge is 0.375 e. The van der Waals surface area contributed by atoms with E-state index in [1.54, 1.807) is 0 Å². The molecule has 1 N–H and O–H groups in total. The summed E-state index contributed by atoms with van der Waals surface area (Å²) < 4.78 is 30.8. The maximum Gasteiger partial charge on any atom is 0.260 e. The monoisotopic (exact) mass is 233 g/mol. The number of hydrogen-bond acceptors (Lipinski definition) is 2. The summed E-state index contributed by atoms with van der Waals surface area (Å²) >= 11 is 0. The molecule has 2 atom stereocenters. The first-order chi connectivity index (χ1) is 7.30. The summed E-state index contributed by atoms with van der Waals surface area (Å²) in [5.74, 6) is -4.38. The number of ether oxygens (including phenoxy) is 1. The fraction of sp³-hybridized carbons (Fsp3) is 0.909. The molecule has 0 unspecified atom stereocenters. The highest BCUT2D eigenvalue weighted by atomic mass is 19.3. The first kappa shape index (κ1) is 11.8. The van der Waals surface area contributed by atoms with Crippen molar-refractivity contribution in [3.8, 4) is 0 Å². The van der Waals surface area contributed by atoms with Gasteiger partial charge in [0, 0.05) is 19.1 Å². The fourth-order valence-corrected chi connectivity index (χ4v) is 2.15. The minimum atomic E-state index is -2.77. The highest BCUT2D eigenvalue weighted by Gasteiger charge is 2.61. The van der Waals surface area contributed by atoms with Gasteiger partial charge in [0.25, 0.3) is 5.92 Å². The Kier molecular flexibility index (Phi) is 2.69. The summed E-state index contributed by atoms with van der Waals surface area (Å²) in [4.78, 5) is 11.5. The Balaban J connectivity index is 1.84. The molecule has 1 saturated heterocycles. The zero-order valence-corrected chi connectivity index (χ0v) is 9.56. The van der Waals surface area contributed by atoms with E-state index in [9.17, 15) is 13.6 Å². The summed E-state index contributed by atoms with van der Waals surface area (Å²) in [6.07, 6.45) is 1.08. The topological polar surface area (TPSA) is 38.3 Å². The van der Waals surface area contributed by atoms with E-state index in [0.29, 0.717) is 19.4 Å². The van der Waals surface area contributed by atoms with Crippen molar-refractivity contribution < 1.29 is 18.3 Å². The Morgan fingerprint density at radius 1 is 1.38 bits per heavy atom. The quantitative estimate of drug-likeness (QED) is 0.788. The summed E-state index contributed by atoms with van der Waals surface area (Å²) in [6, 6.07) is -0.0346. The molecule has 2 rings (SSSR count). The molecule has 1 heterocycles. The zero-order valence-electron chi connectivity index (χ0n) is 9.56. The third-order valence-corrected chi connectivity index (χ3v) is 3.19. The van der Waals surface area contributed by atoms with E-state index in [4.69, 9.17) is 4.74 Å². The molecule has 0 aromatic carbocycles. The van der Waals surface area contributed by atoms with E-state index in [1.807, 2.05) is 13.8 Å². The summed E-state index contributed by atoms with van der Waals surface area (Å²) in [7, 11) is 0. The van der Waals surface area contributed by atoms with Crippen LogP contribution in [0.1, 0.15) is 33.1 Å². The molecule has 2 fully saturated rings. The molecule has 92 valence electrons. The second kappa shape index (κ2) is 3.65. The van der Waals surface area contributed by atoms with Crippen LogP contribution >= 0.6 is 0 Å². The van der Waals surface area contributed by atoms with Crippen molar-refractivity contribution in [2.75, 3.05) is 6.61 Å². The Morgan fingerprint density at radius 3 is 2.50 bits per heavy atom. The third-order valence-electron chi connectivity index (χ3n) is 3.19. The number of halogens is 2. The average molecular weight is 233 g/mol. The van der Waals surface area contributed by atoms with Crippen LogP contribution in [-0.4, -0.2) is 30.1 Å². The second-order valence-corrected chi connectivity index (χ2v) is 5.32. The smallest absolute Gasteiger partial charge is 0.260 e. The highest BCUT2D eigenvalue weighted by Crippen LogP contribution is 2.48. The van der Waals surface area contributed by atoms with E-state index in [2.05, 4.69) is 5.32 Å². The van der Waals surface area contributed by atoms with Crippen LogP contribution in [0.5, 0.6) is 0 Å². The van der Waals surface area contributed by atoms with Crippen molar-refractivity contribution in [2.24, 2.45) is 5.92 Å². The van der Waals surface area contributed by atoms with Crippen LogP contribution < -0.4 is 5.32 Å². The molecule has 0 spiro atoms. The lowest BCUT2D eigenvalue weighted by Gasteiger charge is -2.35. The Hall–Kier alpha value is -0.710. The number of nitrogens with one attached hydrogen (secondary N) is 1. The van der Waals surface area contributed by atoms with Crippen molar-refractivity contribution in [3.63, 3.8) is 0 Å². The third kappa shape index (κ3) is 2.51. The lowest BCUT2D eigenvalue weighted by atomic mass is 9.94. The van der Waals surface area contributed by atoms with E-state index in [1.165, 1.54) is 0 Å². The first-order valence-electron chi connectivity index (χ1n) is 5.62. The molecule has 1 amide bonds. The predicted molar refractivity (Wildman–Crippen MR) is 54.2 cm³/mol. The molecular weight excluding hydrogens is 216 g/mol. The van der Waals surface area contributed by atoms with Crippen molar-refractivity contribution in [1.82, 2.24) is 5.32 Å². The van der Waals surface area contributed by atoms with Crippen molar-refractivity contribution in [1.29, 1.82) is 0 Å². The van der Waals surface area contributed by atoms with Gasteiger partial charge in [0.15, 0.2) is 0 Å². The van der Waals surface area contributed by atoms with Gasteiger partial charge >= 0.3 is 0 Å². The maximum atomic E-state index is 12.7. The average Bonchev–Trinajstić information content (AvgIpc) is 2.73. The number of hydrogen-bond donors (Lipinski definition) is 1. The van der Waals surface area contributed by atoms with Gasteiger partial charge in [-0.25, -0.2) is 8.78 Å². The summed E-state index contributed by atoms with van der Waals surface area (Å²) in [5, 5.41) is 2.69. The number of carbonyl (C=O) groups is 1. The molecule has 16 heavy (non-hydrogen) atoms.